The molecule has 2 N–H and O–H groups in total. The molecule has 1 saturated heterocycles. The SMILES string of the molecule is CCN(CC)Cc1ccc(C(=O)NNC(=O)C2(c3ccc(Br)cc3)CCOCC2)o1. The van der Waals surface area contributed by atoms with Crippen LogP contribution in [0.25, 0.3) is 0 Å². The smallest absolute Gasteiger partial charge is 0.305 e. The number of halogens is 1. The van der Waals surface area contributed by atoms with Gasteiger partial charge < -0.3 is 9.15 Å². The van der Waals surface area contributed by atoms with Crippen molar-refractivity contribution in [2.24, 2.45) is 0 Å². The Morgan fingerprint density at radius 2 is 1.70 bits per heavy atom. The Morgan fingerprint density at radius 3 is 2.33 bits per heavy atom. The van der Waals surface area contributed by atoms with E-state index in [0.717, 1.165) is 23.1 Å². The van der Waals surface area contributed by atoms with Gasteiger partial charge in [0, 0.05) is 17.7 Å². The van der Waals surface area contributed by atoms with Gasteiger partial charge in [0.2, 0.25) is 5.91 Å². The lowest BCUT2D eigenvalue weighted by Gasteiger charge is -2.36. The molecule has 1 fully saturated rings. The molecule has 0 unspecified atom stereocenters. The average molecular weight is 478 g/mol. The summed E-state index contributed by atoms with van der Waals surface area (Å²) in [7, 11) is 0. The molecule has 1 aromatic heterocycles. The minimum absolute atomic E-state index is 0.169. The number of hydrogen-bond donors (Lipinski definition) is 2. The molecule has 0 radical (unpaired) electrons. The molecule has 0 aliphatic carbocycles. The molecular weight excluding hydrogens is 450 g/mol. The number of furan rings is 1. The molecule has 0 bridgehead atoms. The largest absolute Gasteiger partial charge is 0.454 e. The first kappa shape index (κ1) is 22.5. The summed E-state index contributed by atoms with van der Waals surface area (Å²) in [6.45, 7) is 7.57. The van der Waals surface area contributed by atoms with Gasteiger partial charge in [-0.15, -0.1) is 0 Å². The van der Waals surface area contributed by atoms with Gasteiger partial charge in [0.25, 0.3) is 0 Å². The highest BCUT2D eigenvalue weighted by Gasteiger charge is 2.42. The molecule has 0 spiro atoms. The Kier molecular flexibility index (Phi) is 7.69. The highest BCUT2D eigenvalue weighted by Crippen LogP contribution is 2.35. The van der Waals surface area contributed by atoms with E-state index in [1.807, 2.05) is 24.3 Å². The molecule has 2 amide bonds. The number of nitrogens with one attached hydrogen (secondary N) is 2. The second-order valence-electron chi connectivity index (χ2n) is 7.34. The number of rotatable bonds is 7. The molecule has 7 nitrogen and oxygen atoms in total. The quantitative estimate of drug-likeness (QED) is 0.597. The first-order chi connectivity index (χ1) is 14.5. The standard InChI is InChI=1S/C22H28BrN3O4/c1-3-26(4-2)15-18-9-10-19(30-18)20(27)24-25-21(28)22(11-13-29-14-12-22)16-5-7-17(23)8-6-16/h5-10H,3-4,11-15H2,1-2H3,(H,24,27)(H,25,28). The summed E-state index contributed by atoms with van der Waals surface area (Å²) in [6, 6.07) is 11.1. The van der Waals surface area contributed by atoms with E-state index in [1.54, 1.807) is 12.1 Å². The van der Waals surface area contributed by atoms with E-state index in [-0.39, 0.29) is 11.7 Å². The second-order valence-corrected chi connectivity index (χ2v) is 8.25. The molecule has 8 heteroatoms. The minimum Gasteiger partial charge on any atom is -0.454 e. The second kappa shape index (κ2) is 10.2. The van der Waals surface area contributed by atoms with Crippen LogP contribution in [0, 0.1) is 0 Å². The van der Waals surface area contributed by atoms with Crippen molar-refractivity contribution in [1.82, 2.24) is 15.8 Å². The van der Waals surface area contributed by atoms with Crippen molar-refractivity contribution in [2.75, 3.05) is 26.3 Å². The van der Waals surface area contributed by atoms with Crippen molar-refractivity contribution in [3.63, 3.8) is 0 Å². The highest BCUT2D eigenvalue weighted by atomic mass is 79.9. The Bertz CT molecular complexity index is 856. The summed E-state index contributed by atoms with van der Waals surface area (Å²) in [5.41, 5.74) is 5.26. The maximum Gasteiger partial charge on any atom is 0.305 e. The van der Waals surface area contributed by atoms with Gasteiger partial charge in [0.05, 0.1) is 12.0 Å². The fraction of sp³-hybridized carbons (Fsp3) is 0.455. The summed E-state index contributed by atoms with van der Waals surface area (Å²) in [6.07, 6.45) is 1.09. The summed E-state index contributed by atoms with van der Waals surface area (Å²) < 4.78 is 12.1. The number of benzene rings is 1. The van der Waals surface area contributed by atoms with Gasteiger partial charge in [-0.3, -0.25) is 25.3 Å². The number of carbonyl (C=O) groups is 2. The topological polar surface area (TPSA) is 83.8 Å². The zero-order valence-electron chi connectivity index (χ0n) is 17.4. The number of nitrogens with zero attached hydrogens (tertiary/aromatic N) is 1. The molecule has 1 aliphatic rings. The zero-order valence-corrected chi connectivity index (χ0v) is 19.0. The molecule has 0 atom stereocenters. The van der Waals surface area contributed by atoms with E-state index in [4.69, 9.17) is 9.15 Å². The van der Waals surface area contributed by atoms with E-state index in [0.29, 0.717) is 38.4 Å². The van der Waals surface area contributed by atoms with Crippen molar-refractivity contribution in [2.45, 2.75) is 38.6 Å². The molecule has 2 aromatic rings. The maximum atomic E-state index is 13.1. The summed E-state index contributed by atoms with van der Waals surface area (Å²) >= 11 is 3.43. The van der Waals surface area contributed by atoms with Crippen LogP contribution in [0.15, 0.2) is 45.3 Å². The highest BCUT2D eigenvalue weighted by molar-refractivity contribution is 9.10. The van der Waals surface area contributed by atoms with Crippen LogP contribution in [0.1, 0.15) is 48.6 Å². The van der Waals surface area contributed by atoms with Crippen molar-refractivity contribution >= 4 is 27.7 Å². The molecule has 162 valence electrons. The predicted octanol–water partition coefficient (Wildman–Crippen LogP) is 3.39. The predicted molar refractivity (Wildman–Crippen MR) is 117 cm³/mol. The van der Waals surface area contributed by atoms with Crippen LogP contribution in [0.4, 0.5) is 0 Å². The monoisotopic (exact) mass is 477 g/mol. The summed E-state index contributed by atoms with van der Waals surface area (Å²) in [4.78, 5) is 27.8. The van der Waals surface area contributed by atoms with Crippen molar-refractivity contribution in [3.8, 4) is 0 Å². The number of amides is 2. The van der Waals surface area contributed by atoms with Gasteiger partial charge in [0.1, 0.15) is 5.76 Å². The van der Waals surface area contributed by atoms with Crippen LogP contribution in [0.3, 0.4) is 0 Å². The first-order valence-corrected chi connectivity index (χ1v) is 11.0. The minimum atomic E-state index is -0.747. The molecular formula is C22H28BrN3O4. The van der Waals surface area contributed by atoms with E-state index < -0.39 is 11.3 Å². The number of hydrogen-bond acceptors (Lipinski definition) is 5. The van der Waals surface area contributed by atoms with E-state index in [2.05, 4.69) is 45.5 Å². The lowest BCUT2D eigenvalue weighted by Crippen LogP contribution is -2.53. The van der Waals surface area contributed by atoms with Crippen LogP contribution >= 0.6 is 15.9 Å². The van der Waals surface area contributed by atoms with E-state index in [9.17, 15) is 9.59 Å². The first-order valence-electron chi connectivity index (χ1n) is 10.2. The van der Waals surface area contributed by atoms with Crippen LogP contribution in [0.5, 0.6) is 0 Å². The molecule has 0 saturated carbocycles. The van der Waals surface area contributed by atoms with Gasteiger partial charge in [-0.05, 0) is 55.8 Å². The fourth-order valence-corrected chi connectivity index (χ4v) is 3.95. The van der Waals surface area contributed by atoms with Crippen LogP contribution in [0.2, 0.25) is 0 Å². The molecule has 1 aromatic carbocycles. The Morgan fingerprint density at radius 1 is 1.03 bits per heavy atom. The molecule has 1 aliphatic heterocycles. The molecule has 30 heavy (non-hydrogen) atoms. The third-order valence-electron chi connectivity index (χ3n) is 5.63. The molecule has 3 rings (SSSR count). The fourth-order valence-electron chi connectivity index (χ4n) is 3.68. The number of ether oxygens (including phenoxy) is 1. The van der Waals surface area contributed by atoms with Crippen molar-refractivity contribution in [3.05, 3.63) is 58.0 Å². The third-order valence-corrected chi connectivity index (χ3v) is 6.16. The summed E-state index contributed by atoms with van der Waals surface area (Å²) in [5.74, 6) is 0.150. The van der Waals surface area contributed by atoms with Gasteiger partial charge in [-0.25, -0.2) is 0 Å². The lowest BCUT2D eigenvalue weighted by molar-refractivity contribution is -0.131. The third kappa shape index (κ3) is 5.11. The number of carbonyl (C=O) groups excluding carboxylic acids is 2. The van der Waals surface area contributed by atoms with Crippen LogP contribution in [-0.2, 0) is 21.5 Å². The van der Waals surface area contributed by atoms with Gasteiger partial charge >= 0.3 is 5.91 Å². The van der Waals surface area contributed by atoms with E-state index >= 15 is 0 Å². The lowest BCUT2D eigenvalue weighted by atomic mass is 9.73. The maximum absolute atomic E-state index is 13.1. The Labute approximate surface area is 185 Å². The number of hydrazine groups is 1. The van der Waals surface area contributed by atoms with Crippen LogP contribution in [-0.4, -0.2) is 43.0 Å². The summed E-state index contributed by atoms with van der Waals surface area (Å²) in [5, 5.41) is 0. The Hall–Kier alpha value is -2.16. The Balaban J connectivity index is 1.66. The van der Waals surface area contributed by atoms with Crippen molar-refractivity contribution < 1.29 is 18.7 Å². The normalized spacial score (nSPS) is 15.7. The van der Waals surface area contributed by atoms with Gasteiger partial charge in [-0.1, -0.05) is 41.9 Å². The van der Waals surface area contributed by atoms with Gasteiger partial charge in [-0.2, -0.15) is 0 Å². The molecule has 2 heterocycles. The van der Waals surface area contributed by atoms with Gasteiger partial charge in [0.15, 0.2) is 5.76 Å². The van der Waals surface area contributed by atoms with E-state index in [1.165, 1.54) is 0 Å². The van der Waals surface area contributed by atoms with Crippen LogP contribution < -0.4 is 10.9 Å². The zero-order chi connectivity index (χ0) is 21.6. The average Bonchev–Trinajstić information content (AvgIpc) is 3.25. The van der Waals surface area contributed by atoms with Crippen molar-refractivity contribution in [1.29, 1.82) is 0 Å².